The van der Waals surface area contributed by atoms with Gasteiger partial charge in [0, 0.05) is 0 Å². The lowest BCUT2D eigenvalue weighted by molar-refractivity contribution is -0.394. The van der Waals surface area contributed by atoms with Crippen LogP contribution in [0.2, 0.25) is 0 Å². The van der Waals surface area contributed by atoms with Gasteiger partial charge in [0.15, 0.2) is 18.9 Å². The molecule has 378 valence electrons. The minimum atomic E-state index is -1.89. The van der Waals surface area contributed by atoms with Crippen LogP contribution in [0.1, 0.15) is 78.6 Å². The number of rotatable bonds is 11. The van der Waals surface area contributed by atoms with Gasteiger partial charge in [0.1, 0.15) is 91.6 Å². The first-order chi connectivity index (χ1) is 31.1. The Balaban J connectivity index is 1.04. The quantitative estimate of drug-likeness (QED) is 0.0532. The number of aliphatic hydroxyl groups excluding tert-OH is 13. The molecule has 0 amide bonds. The fourth-order valence-corrected chi connectivity index (χ4v) is 13.4. The number of carbonyl (C=O) groups excluding carboxylic acids is 1. The van der Waals surface area contributed by atoms with E-state index in [1.54, 1.807) is 0 Å². The Labute approximate surface area is 381 Å². The number of hydrogen-bond donors (Lipinski definition) is 13. The second-order valence-corrected chi connectivity index (χ2v) is 20.8. The fraction of sp³-hybridized carbons (Fsp3) is 0.932. The monoisotopic (exact) mass is 950 g/mol. The smallest absolute Gasteiger partial charge is 0.314 e. The Hall–Kier alpha value is -1.59. The SMILES string of the molecule is C=C1C[C@@]23CC[C@H]4[C@@](C)(CCC[C@@]4(C)C(=O)OC4O[C@H](CO)[C@@H](O)[C@H](O)[C@H]4O)[C@@H]2CC[C@]1(O[C@@H]1O[C@H](CO)[C@@H](OC2O[C@H](CO)[C@@H](O)[C@H](O)[C@H]2O)[C@H](O)[C@H]1OC1O[C@H](C)[C@@H](O)[C@H](O)[C@@H]1O)C3. The zero-order valence-corrected chi connectivity index (χ0v) is 37.4. The van der Waals surface area contributed by atoms with E-state index < -0.39 is 165 Å². The van der Waals surface area contributed by atoms with Gasteiger partial charge in [-0.2, -0.15) is 0 Å². The van der Waals surface area contributed by atoms with E-state index >= 15 is 0 Å². The highest BCUT2D eigenvalue weighted by Gasteiger charge is 2.69. The van der Waals surface area contributed by atoms with Gasteiger partial charge < -0.3 is 104 Å². The summed E-state index contributed by atoms with van der Waals surface area (Å²) in [6.45, 7) is 7.78. The topological polar surface area (TPSA) is 354 Å². The number of ether oxygens (including phenoxy) is 8. The summed E-state index contributed by atoms with van der Waals surface area (Å²) in [5.41, 5.74) is -2.12. The molecule has 3 unspecified atom stereocenters. The fourth-order valence-electron chi connectivity index (χ4n) is 13.4. The van der Waals surface area contributed by atoms with E-state index in [4.69, 9.17) is 37.9 Å². The molecule has 13 N–H and O–H groups in total. The zero-order valence-electron chi connectivity index (χ0n) is 37.4. The Morgan fingerprint density at radius 1 is 0.606 bits per heavy atom. The van der Waals surface area contributed by atoms with Crippen LogP contribution in [0, 0.1) is 28.1 Å². The highest BCUT2D eigenvalue weighted by molar-refractivity contribution is 5.77. The van der Waals surface area contributed by atoms with Gasteiger partial charge in [0.05, 0.1) is 36.9 Å². The molecule has 0 aromatic heterocycles. The van der Waals surface area contributed by atoms with Crippen LogP contribution in [-0.2, 0) is 42.7 Å². The molecule has 0 aromatic rings. The van der Waals surface area contributed by atoms with Gasteiger partial charge in [0.2, 0.25) is 6.29 Å². The summed E-state index contributed by atoms with van der Waals surface area (Å²) < 4.78 is 48.1. The Kier molecular flexibility index (Phi) is 14.5. The van der Waals surface area contributed by atoms with Gasteiger partial charge in [0.25, 0.3) is 0 Å². The van der Waals surface area contributed by atoms with Crippen molar-refractivity contribution in [2.75, 3.05) is 19.8 Å². The summed E-state index contributed by atoms with van der Waals surface area (Å²) in [5, 5.41) is 137. The van der Waals surface area contributed by atoms with E-state index in [0.717, 1.165) is 12.0 Å². The minimum Gasteiger partial charge on any atom is -0.432 e. The number of hydrogen-bond acceptors (Lipinski definition) is 22. The number of fused-ring (bicyclic) bond motifs is 3. The molecule has 0 aromatic carbocycles. The van der Waals surface area contributed by atoms with Gasteiger partial charge >= 0.3 is 5.97 Å². The molecular formula is C44H70O22. The minimum absolute atomic E-state index is 0.0611. The summed E-state index contributed by atoms with van der Waals surface area (Å²) >= 11 is 0. The Bertz CT molecular complexity index is 1740. The van der Waals surface area contributed by atoms with Crippen LogP contribution in [-0.4, -0.2) is 221 Å². The maximum absolute atomic E-state index is 14.3. The molecule has 8 fully saturated rings. The lowest BCUT2D eigenvalue weighted by atomic mass is 9.41. The van der Waals surface area contributed by atoms with E-state index in [9.17, 15) is 71.2 Å². The van der Waals surface area contributed by atoms with Gasteiger partial charge in [-0.1, -0.05) is 19.9 Å². The van der Waals surface area contributed by atoms with Gasteiger partial charge in [-0.05, 0) is 93.5 Å². The molecule has 22 nitrogen and oxygen atoms in total. The second-order valence-electron chi connectivity index (χ2n) is 20.8. The molecule has 4 saturated heterocycles. The van der Waals surface area contributed by atoms with Crippen molar-refractivity contribution >= 4 is 5.97 Å². The van der Waals surface area contributed by atoms with E-state index in [0.29, 0.717) is 51.4 Å². The molecule has 8 aliphatic rings. The van der Waals surface area contributed by atoms with E-state index in [-0.39, 0.29) is 17.3 Å². The van der Waals surface area contributed by atoms with Crippen molar-refractivity contribution in [3.05, 3.63) is 12.2 Å². The Morgan fingerprint density at radius 2 is 1.14 bits per heavy atom. The number of aliphatic hydroxyl groups is 13. The average Bonchev–Trinajstić information content (AvgIpc) is 3.48. The van der Waals surface area contributed by atoms with E-state index in [1.807, 2.05) is 6.92 Å². The molecule has 4 aliphatic carbocycles. The van der Waals surface area contributed by atoms with Crippen LogP contribution < -0.4 is 0 Å². The zero-order chi connectivity index (χ0) is 48.0. The van der Waals surface area contributed by atoms with Crippen molar-refractivity contribution in [3.8, 4) is 0 Å². The second kappa shape index (κ2) is 18.9. The van der Waals surface area contributed by atoms with Crippen LogP contribution in [0.25, 0.3) is 0 Å². The molecular weight excluding hydrogens is 880 g/mol. The molecule has 0 radical (unpaired) electrons. The van der Waals surface area contributed by atoms with Gasteiger partial charge in [-0.3, -0.25) is 4.79 Å². The summed E-state index contributed by atoms with van der Waals surface area (Å²) in [4.78, 5) is 14.3. The van der Waals surface area contributed by atoms with Crippen LogP contribution in [0.5, 0.6) is 0 Å². The lowest BCUT2D eigenvalue weighted by Crippen LogP contribution is -2.67. The maximum Gasteiger partial charge on any atom is 0.314 e. The molecule has 2 bridgehead atoms. The largest absolute Gasteiger partial charge is 0.432 e. The first kappa shape index (κ1) is 50.8. The van der Waals surface area contributed by atoms with Crippen molar-refractivity contribution in [2.45, 2.75) is 207 Å². The molecule has 1 spiro atoms. The van der Waals surface area contributed by atoms with Crippen molar-refractivity contribution in [3.63, 3.8) is 0 Å². The van der Waals surface area contributed by atoms with Crippen LogP contribution in [0.4, 0.5) is 0 Å². The molecule has 4 heterocycles. The maximum atomic E-state index is 14.3. The molecule has 4 saturated carbocycles. The van der Waals surface area contributed by atoms with Crippen LogP contribution in [0.3, 0.4) is 0 Å². The summed E-state index contributed by atoms with van der Waals surface area (Å²) in [7, 11) is 0. The first-order valence-corrected chi connectivity index (χ1v) is 23.2. The third-order valence-corrected chi connectivity index (χ3v) is 17.0. The van der Waals surface area contributed by atoms with Gasteiger partial charge in [-0.15, -0.1) is 0 Å². The molecule has 8 rings (SSSR count). The third kappa shape index (κ3) is 8.30. The average molecular weight is 951 g/mol. The highest BCUT2D eigenvalue weighted by atomic mass is 16.8. The van der Waals surface area contributed by atoms with Crippen molar-refractivity contribution in [1.82, 2.24) is 0 Å². The Morgan fingerprint density at radius 3 is 1.76 bits per heavy atom. The number of carbonyl (C=O) groups is 1. The standard InChI is InChI=1S/C44H70O22/c1-17-12-43-10-6-22-41(3,8-5-9-42(22,4)40(58)65-38-32(56)29(53)26(50)20(14-46)61-38)23(43)7-11-44(17,16-43)66-39-35(64-36-30(54)27(51)24(48)18(2)59-36)33(57)34(21(15-47)62-39)63-37-31(55)28(52)25(49)19(13-45)60-37/h18-39,45-57H,1,5-16H2,2-4H3/t18-,19-,20-,21-,22+,23+,24-,25-,26-,27+,28+,29+,30+,31-,32-,33+,34-,35-,36?,37?,38?,39+,41-,42-,43-,44+/m1/s1. The summed E-state index contributed by atoms with van der Waals surface area (Å²) in [6.07, 6.45) is -27.0. The molecule has 22 heteroatoms. The van der Waals surface area contributed by atoms with Crippen LogP contribution >= 0.6 is 0 Å². The third-order valence-electron chi connectivity index (χ3n) is 17.0. The normalized spacial score (nSPS) is 55.2. The van der Waals surface area contributed by atoms with E-state index in [1.165, 1.54) is 6.92 Å². The summed E-state index contributed by atoms with van der Waals surface area (Å²) in [6, 6.07) is 0. The van der Waals surface area contributed by atoms with E-state index in [2.05, 4.69) is 13.5 Å². The van der Waals surface area contributed by atoms with Gasteiger partial charge in [-0.25, -0.2) is 0 Å². The molecule has 26 atom stereocenters. The van der Waals surface area contributed by atoms with Crippen molar-refractivity contribution < 1.29 is 109 Å². The van der Waals surface area contributed by atoms with Crippen molar-refractivity contribution in [2.24, 2.45) is 28.1 Å². The number of esters is 1. The van der Waals surface area contributed by atoms with Crippen molar-refractivity contribution in [1.29, 1.82) is 0 Å². The first-order valence-electron chi connectivity index (χ1n) is 23.2. The summed E-state index contributed by atoms with van der Waals surface area (Å²) in [5.74, 6) is -0.725. The predicted octanol–water partition coefficient (Wildman–Crippen LogP) is -4.09. The lowest BCUT2D eigenvalue weighted by Gasteiger charge is -2.64. The van der Waals surface area contributed by atoms with Crippen LogP contribution in [0.15, 0.2) is 12.2 Å². The highest BCUT2D eigenvalue weighted by Crippen LogP contribution is 2.73. The molecule has 66 heavy (non-hydrogen) atoms. The predicted molar refractivity (Wildman–Crippen MR) is 218 cm³/mol. The molecule has 4 aliphatic heterocycles.